The van der Waals surface area contributed by atoms with E-state index in [4.69, 9.17) is 9.15 Å². The van der Waals surface area contributed by atoms with Crippen LogP contribution in [0.2, 0.25) is 0 Å². The quantitative estimate of drug-likeness (QED) is 0.650. The minimum absolute atomic E-state index is 0.105. The number of para-hydroxylation sites is 1. The Kier molecular flexibility index (Phi) is 4.96. The molecule has 0 unspecified atom stereocenters. The van der Waals surface area contributed by atoms with E-state index < -0.39 is 15.9 Å². The summed E-state index contributed by atoms with van der Waals surface area (Å²) in [6.45, 7) is 0.819. The number of anilines is 1. The molecule has 0 radical (unpaired) electrons. The lowest BCUT2D eigenvalue weighted by Gasteiger charge is -2.09. The van der Waals surface area contributed by atoms with Crippen LogP contribution >= 0.6 is 11.3 Å². The lowest BCUT2D eigenvalue weighted by molar-refractivity contribution is 0.0991. The Morgan fingerprint density at radius 2 is 2.11 bits per heavy atom. The second-order valence-electron chi connectivity index (χ2n) is 6.05. The maximum Gasteiger partial charge on any atom is 0.293 e. The molecule has 2 N–H and O–H groups in total. The van der Waals surface area contributed by atoms with Gasteiger partial charge in [0.25, 0.3) is 15.9 Å². The van der Waals surface area contributed by atoms with Crippen molar-refractivity contribution in [2.45, 2.75) is 24.0 Å². The van der Waals surface area contributed by atoms with Crippen molar-refractivity contribution in [1.29, 1.82) is 0 Å². The number of furan rings is 1. The van der Waals surface area contributed by atoms with Crippen LogP contribution in [-0.4, -0.2) is 38.6 Å². The highest BCUT2D eigenvalue weighted by Gasteiger charge is 2.24. The Balaban J connectivity index is 1.43. The van der Waals surface area contributed by atoms with E-state index in [0.717, 1.165) is 23.1 Å². The van der Waals surface area contributed by atoms with Gasteiger partial charge in [-0.05, 0) is 37.1 Å². The molecule has 0 saturated carbocycles. The first-order chi connectivity index (χ1) is 13.0. The summed E-state index contributed by atoms with van der Waals surface area (Å²) in [4.78, 5) is 16.6. The zero-order valence-electron chi connectivity index (χ0n) is 14.2. The maximum atomic E-state index is 12.3. The molecule has 1 atom stereocenters. The number of carbonyl (C=O) groups is 1. The first kappa shape index (κ1) is 18.1. The van der Waals surface area contributed by atoms with Crippen LogP contribution in [0.4, 0.5) is 5.13 Å². The van der Waals surface area contributed by atoms with Gasteiger partial charge >= 0.3 is 0 Å². The Labute approximate surface area is 159 Å². The van der Waals surface area contributed by atoms with Crippen molar-refractivity contribution in [1.82, 2.24) is 9.71 Å². The van der Waals surface area contributed by atoms with Gasteiger partial charge in [-0.15, -0.1) is 0 Å². The van der Waals surface area contributed by atoms with Crippen molar-refractivity contribution in [2.75, 3.05) is 18.5 Å². The van der Waals surface area contributed by atoms with Gasteiger partial charge in [0, 0.05) is 13.2 Å². The summed E-state index contributed by atoms with van der Waals surface area (Å²) >= 11 is 1.33. The number of aromatic nitrogens is 1. The highest BCUT2D eigenvalue weighted by molar-refractivity contribution is 7.89. The third kappa shape index (κ3) is 4.03. The number of hydrogen-bond acceptors (Lipinski definition) is 7. The van der Waals surface area contributed by atoms with Gasteiger partial charge in [0.1, 0.15) is 0 Å². The summed E-state index contributed by atoms with van der Waals surface area (Å²) in [5.41, 5.74) is 0.777. The smallest absolute Gasteiger partial charge is 0.293 e. The zero-order chi connectivity index (χ0) is 18.9. The molecule has 27 heavy (non-hydrogen) atoms. The summed E-state index contributed by atoms with van der Waals surface area (Å²) in [5, 5.41) is 2.73. The third-order valence-corrected chi connectivity index (χ3v) is 6.36. The van der Waals surface area contributed by atoms with Gasteiger partial charge < -0.3 is 9.15 Å². The molecule has 0 bridgehead atoms. The predicted octanol–water partition coefficient (Wildman–Crippen LogP) is 2.60. The normalized spacial score (nSPS) is 17.4. The van der Waals surface area contributed by atoms with Crippen molar-refractivity contribution in [3.05, 3.63) is 42.2 Å². The van der Waals surface area contributed by atoms with Gasteiger partial charge in [-0.25, -0.2) is 18.1 Å². The average molecular weight is 407 g/mol. The van der Waals surface area contributed by atoms with Crippen LogP contribution in [0.3, 0.4) is 0 Å². The highest BCUT2D eigenvalue weighted by Crippen LogP contribution is 2.26. The van der Waals surface area contributed by atoms with E-state index >= 15 is 0 Å². The summed E-state index contributed by atoms with van der Waals surface area (Å²) in [6.07, 6.45) is 1.61. The lowest BCUT2D eigenvalue weighted by atomic mass is 10.2. The molecule has 1 saturated heterocycles. The first-order valence-electron chi connectivity index (χ1n) is 8.39. The lowest BCUT2D eigenvalue weighted by Crippen LogP contribution is -2.31. The van der Waals surface area contributed by atoms with E-state index in [0.29, 0.717) is 11.7 Å². The number of sulfonamides is 1. The number of nitrogens with one attached hydrogen (secondary N) is 2. The SMILES string of the molecule is O=C(Nc1nc2ccccc2s1)c1ccc(S(=O)(=O)NC[C@@H]2CCCO2)o1. The summed E-state index contributed by atoms with van der Waals surface area (Å²) in [5.74, 6) is -0.665. The molecule has 3 aromatic rings. The zero-order valence-corrected chi connectivity index (χ0v) is 15.8. The fourth-order valence-electron chi connectivity index (χ4n) is 2.75. The topological polar surface area (TPSA) is 111 Å². The number of carbonyl (C=O) groups excluding carboxylic acids is 1. The number of thiazole rings is 1. The Morgan fingerprint density at radius 1 is 1.26 bits per heavy atom. The van der Waals surface area contributed by atoms with Crippen molar-refractivity contribution >= 4 is 42.6 Å². The second kappa shape index (κ2) is 7.39. The largest absolute Gasteiger partial charge is 0.438 e. The van der Waals surface area contributed by atoms with Gasteiger partial charge in [-0.3, -0.25) is 10.1 Å². The molecule has 10 heteroatoms. The summed E-state index contributed by atoms with van der Waals surface area (Å²) < 4.78 is 38.6. The van der Waals surface area contributed by atoms with Crippen LogP contribution in [-0.2, 0) is 14.8 Å². The molecule has 2 aromatic heterocycles. The Hall–Kier alpha value is -2.27. The van der Waals surface area contributed by atoms with E-state index in [-0.39, 0.29) is 23.5 Å². The van der Waals surface area contributed by atoms with Crippen LogP contribution in [0.25, 0.3) is 10.2 Å². The molecule has 0 aliphatic carbocycles. The number of rotatable bonds is 6. The fraction of sp³-hybridized carbons (Fsp3) is 0.294. The van der Waals surface area contributed by atoms with Gasteiger partial charge in [0.05, 0.1) is 16.3 Å². The minimum atomic E-state index is -3.84. The minimum Gasteiger partial charge on any atom is -0.438 e. The van der Waals surface area contributed by atoms with Crippen molar-refractivity contribution in [2.24, 2.45) is 0 Å². The van der Waals surface area contributed by atoms with Crippen molar-refractivity contribution in [3.63, 3.8) is 0 Å². The number of fused-ring (bicyclic) bond motifs is 1. The fourth-order valence-corrected chi connectivity index (χ4v) is 4.61. The van der Waals surface area contributed by atoms with Crippen LogP contribution < -0.4 is 10.0 Å². The highest BCUT2D eigenvalue weighted by atomic mass is 32.2. The van der Waals surface area contributed by atoms with E-state index in [1.54, 1.807) is 0 Å². The predicted molar refractivity (Wildman–Crippen MR) is 100 cm³/mol. The van der Waals surface area contributed by atoms with Crippen LogP contribution in [0.1, 0.15) is 23.4 Å². The monoisotopic (exact) mass is 407 g/mol. The average Bonchev–Trinajstić information content (AvgIpc) is 3.38. The number of benzene rings is 1. The molecule has 3 heterocycles. The molecule has 4 rings (SSSR count). The molecule has 1 aliphatic rings. The third-order valence-electron chi connectivity index (χ3n) is 4.11. The number of amides is 1. The van der Waals surface area contributed by atoms with Gasteiger partial charge in [-0.2, -0.15) is 0 Å². The molecule has 1 amide bonds. The van der Waals surface area contributed by atoms with Crippen LogP contribution in [0.5, 0.6) is 0 Å². The molecular weight excluding hydrogens is 390 g/mol. The standard InChI is InChI=1S/C17H17N3O5S2/c21-16(20-17-19-12-5-1-2-6-14(12)26-17)13-7-8-15(25-13)27(22,23)18-10-11-4-3-9-24-11/h1-2,5-8,11,18H,3-4,9-10H2,(H,19,20,21)/t11-/m0/s1. The van der Waals surface area contributed by atoms with E-state index in [2.05, 4.69) is 15.0 Å². The van der Waals surface area contributed by atoms with Crippen LogP contribution in [0, 0.1) is 0 Å². The molecule has 1 aromatic carbocycles. The molecule has 8 nitrogen and oxygen atoms in total. The van der Waals surface area contributed by atoms with Gasteiger partial charge in [0.15, 0.2) is 10.9 Å². The van der Waals surface area contributed by atoms with Crippen LogP contribution in [0.15, 0.2) is 45.9 Å². The summed E-state index contributed by atoms with van der Waals surface area (Å²) in [7, 11) is -3.84. The number of ether oxygens (including phenoxy) is 1. The Bertz CT molecular complexity index is 1030. The van der Waals surface area contributed by atoms with Crippen molar-refractivity contribution in [3.8, 4) is 0 Å². The van der Waals surface area contributed by atoms with E-state index in [1.165, 1.54) is 23.5 Å². The molecular formula is C17H17N3O5S2. The molecule has 142 valence electrons. The Morgan fingerprint density at radius 3 is 2.89 bits per heavy atom. The number of nitrogens with zero attached hydrogens (tertiary/aromatic N) is 1. The van der Waals surface area contributed by atoms with Gasteiger partial charge in [-0.1, -0.05) is 23.5 Å². The summed E-state index contributed by atoms with van der Waals surface area (Å²) in [6, 6.07) is 10.1. The second-order valence-corrected chi connectivity index (χ2v) is 8.78. The molecule has 1 fully saturated rings. The first-order valence-corrected chi connectivity index (χ1v) is 10.7. The van der Waals surface area contributed by atoms with E-state index in [1.807, 2.05) is 24.3 Å². The number of hydrogen-bond donors (Lipinski definition) is 2. The molecule has 0 spiro atoms. The maximum absolute atomic E-state index is 12.3. The molecule has 1 aliphatic heterocycles. The van der Waals surface area contributed by atoms with Crippen molar-refractivity contribution < 1.29 is 22.4 Å². The van der Waals surface area contributed by atoms with E-state index in [9.17, 15) is 13.2 Å². The van der Waals surface area contributed by atoms with Gasteiger partial charge in [0.2, 0.25) is 5.09 Å².